The Hall–Kier alpha value is -3.02. The molecular formula is C26H34N2O4. The minimum Gasteiger partial charge on any atom is -0.486 e. The third kappa shape index (κ3) is 6.49. The largest absolute Gasteiger partial charge is 0.486 e. The lowest BCUT2D eigenvalue weighted by molar-refractivity contribution is -0.141. The summed E-state index contributed by atoms with van der Waals surface area (Å²) < 4.78 is 11.2. The highest BCUT2D eigenvalue weighted by atomic mass is 16.6. The van der Waals surface area contributed by atoms with Crippen molar-refractivity contribution in [3.63, 3.8) is 0 Å². The number of carbonyl (C=O) groups excluding carboxylic acids is 2. The number of nitrogens with one attached hydrogen (secondary N) is 1. The lowest BCUT2D eigenvalue weighted by Crippen LogP contribution is -2.52. The number of ether oxygens (including phenoxy) is 2. The van der Waals surface area contributed by atoms with Crippen molar-refractivity contribution in [3.05, 3.63) is 59.2 Å². The topological polar surface area (TPSA) is 67.9 Å². The lowest BCUT2D eigenvalue weighted by Gasteiger charge is -2.31. The maximum atomic E-state index is 13.3. The number of fused-ring (bicyclic) bond motifs is 1. The second-order valence-corrected chi connectivity index (χ2v) is 9.40. The molecule has 172 valence electrons. The average molecular weight is 439 g/mol. The van der Waals surface area contributed by atoms with Gasteiger partial charge in [-0.3, -0.25) is 9.59 Å². The molecule has 0 unspecified atom stereocenters. The predicted molar refractivity (Wildman–Crippen MR) is 125 cm³/mol. The van der Waals surface area contributed by atoms with Crippen molar-refractivity contribution in [1.29, 1.82) is 0 Å². The van der Waals surface area contributed by atoms with Crippen LogP contribution in [0.25, 0.3) is 0 Å². The van der Waals surface area contributed by atoms with Crippen LogP contribution in [0, 0.1) is 6.92 Å². The van der Waals surface area contributed by atoms with Gasteiger partial charge in [0.2, 0.25) is 11.8 Å². The molecule has 0 aromatic heterocycles. The quantitative estimate of drug-likeness (QED) is 0.709. The first kappa shape index (κ1) is 23.6. The minimum atomic E-state index is -0.580. The Kier molecular flexibility index (Phi) is 7.44. The van der Waals surface area contributed by atoms with Crippen molar-refractivity contribution in [2.24, 2.45) is 0 Å². The standard InChI is InChI=1S/C26H34N2O4/c1-18-6-8-21(9-7-18)17-28(19(2)25(30)27-26(3,4)5)24(29)13-11-20-10-12-22-23(16-20)32-15-14-31-22/h6-10,12,16,19H,11,13-15,17H2,1-5H3,(H,27,30)/t19-/m1/s1. The van der Waals surface area contributed by atoms with E-state index >= 15 is 0 Å². The molecule has 1 atom stereocenters. The van der Waals surface area contributed by atoms with Crippen LogP contribution in [0.15, 0.2) is 42.5 Å². The van der Waals surface area contributed by atoms with E-state index in [1.807, 2.05) is 70.2 Å². The van der Waals surface area contributed by atoms with Gasteiger partial charge in [-0.25, -0.2) is 0 Å². The van der Waals surface area contributed by atoms with Crippen molar-refractivity contribution in [2.45, 2.75) is 65.6 Å². The highest BCUT2D eigenvalue weighted by molar-refractivity contribution is 5.87. The van der Waals surface area contributed by atoms with Crippen molar-refractivity contribution in [1.82, 2.24) is 10.2 Å². The number of carbonyl (C=O) groups is 2. The Morgan fingerprint density at radius 2 is 1.62 bits per heavy atom. The summed E-state index contributed by atoms with van der Waals surface area (Å²) in [5.74, 6) is 1.24. The zero-order chi connectivity index (χ0) is 23.3. The predicted octanol–water partition coefficient (Wildman–Crippen LogP) is 4.03. The van der Waals surface area contributed by atoms with Gasteiger partial charge in [-0.15, -0.1) is 0 Å². The molecule has 32 heavy (non-hydrogen) atoms. The van der Waals surface area contributed by atoms with Gasteiger partial charge >= 0.3 is 0 Å². The Balaban J connectivity index is 1.73. The molecule has 3 rings (SSSR count). The zero-order valence-electron chi connectivity index (χ0n) is 19.7. The fourth-order valence-electron chi connectivity index (χ4n) is 3.59. The molecule has 6 nitrogen and oxygen atoms in total. The summed E-state index contributed by atoms with van der Waals surface area (Å²) in [6.45, 7) is 11.1. The first-order valence-corrected chi connectivity index (χ1v) is 11.2. The number of nitrogens with zero attached hydrogens (tertiary/aromatic N) is 1. The molecule has 0 spiro atoms. The van der Waals surface area contributed by atoms with Crippen molar-refractivity contribution in [3.8, 4) is 11.5 Å². The van der Waals surface area contributed by atoms with E-state index < -0.39 is 6.04 Å². The normalized spacial score (nSPS) is 13.9. The van der Waals surface area contributed by atoms with Crippen LogP contribution in [0.1, 0.15) is 50.8 Å². The van der Waals surface area contributed by atoms with Crippen molar-refractivity contribution in [2.75, 3.05) is 13.2 Å². The summed E-state index contributed by atoms with van der Waals surface area (Å²) in [6, 6.07) is 13.2. The molecule has 0 aliphatic carbocycles. The van der Waals surface area contributed by atoms with Gasteiger partial charge in [0.15, 0.2) is 11.5 Å². The molecule has 6 heteroatoms. The van der Waals surface area contributed by atoms with E-state index in [0.29, 0.717) is 32.6 Å². The van der Waals surface area contributed by atoms with E-state index in [4.69, 9.17) is 9.47 Å². The number of rotatable bonds is 7. The Morgan fingerprint density at radius 3 is 2.28 bits per heavy atom. The molecule has 0 radical (unpaired) electrons. The van der Waals surface area contributed by atoms with Crippen LogP contribution in [0.5, 0.6) is 11.5 Å². The summed E-state index contributed by atoms with van der Waals surface area (Å²) in [5.41, 5.74) is 2.79. The smallest absolute Gasteiger partial charge is 0.242 e. The van der Waals surface area contributed by atoms with Crippen LogP contribution >= 0.6 is 0 Å². The van der Waals surface area contributed by atoms with E-state index in [2.05, 4.69) is 5.32 Å². The zero-order valence-corrected chi connectivity index (χ0v) is 19.7. The highest BCUT2D eigenvalue weighted by Gasteiger charge is 2.28. The summed E-state index contributed by atoms with van der Waals surface area (Å²) in [4.78, 5) is 27.8. The summed E-state index contributed by atoms with van der Waals surface area (Å²) in [5, 5.41) is 2.99. The first-order valence-electron chi connectivity index (χ1n) is 11.2. The molecule has 0 saturated carbocycles. The van der Waals surface area contributed by atoms with Gasteiger partial charge in [-0.1, -0.05) is 35.9 Å². The second kappa shape index (κ2) is 10.1. The fourth-order valence-corrected chi connectivity index (χ4v) is 3.59. The number of amides is 2. The highest BCUT2D eigenvalue weighted by Crippen LogP contribution is 2.31. The lowest BCUT2D eigenvalue weighted by atomic mass is 10.1. The third-order valence-corrected chi connectivity index (χ3v) is 5.37. The van der Waals surface area contributed by atoms with E-state index in [0.717, 1.165) is 28.2 Å². The first-order chi connectivity index (χ1) is 15.1. The fraction of sp³-hybridized carbons (Fsp3) is 0.462. The second-order valence-electron chi connectivity index (χ2n) is 9.40. The molecule has 2 amide bonds. The van der Waals surface area contributed by atoms with E-state index in [9.17, 15) is 9.59 Å². The molecule has 1 aliphatic rings. The molecular weight excluding hydrogens is 404 g/mol. The number of hydrogen-bond acceptors (Lipinski definition) is 4. The molecule has 1 heterocycles. The van der Waals surface area contributed by atoms with E-state index in [1.165, 1.54) is 0 Å². The van der Waals surface area contributed by atoms with Gasteiger partial charge in [0, 0.05) is 18.5 Å². The number of benzene rings is 2. The van der Waals surface area contributed by atoms with Crippen LogP contribution in [0.2, 0.25) is 0 Å². The van der Waals surface area contributed by atoms with Crippen LogP contribution in [0.4, 0.5) is 0 Å². The van der Waals surface area contributed by atoms with Gasteiger partial charge in [-0.05, 0) is 64.3 Å². The average Bonchev–Trinajstić information content (AvgIpc) is 2.75. The van der Waals surface area contributed by atoms with Gasteiger partial charge < -0.3 is 19.7 Å². The van der Waals surface area contributed by atoms with Gasteiger partial charge in [-0.2, -0.15) is 0 Å². The van der Waals surface area contributed by atoms with Crippen LogP contribution in [-0.4, -0.2) is 41.5 Å². The Bertz CT molecular complexity index is 947. The molecule has 1 N–H and O–H groups in total. The van der Waals surface area contributed by atoms with E-state index in [-0.39, 0.29) is 17.4 Å². The SMILES string of the molecule is Cc1ccc(CN(C(=O)CCc2ccc3c(c2)OCCO3)[C@H](C)C(=O)NC(C)(C)C)cc1. The van der Waals surface area contributed by atoms with Crippen LogP contribution in [0.3, 0.4) is 0 Å². The number of aryl methyl sites for hydroxylation is 2. The summed E-state index contributed by atoms with van der Waals surface area (Å²) in [6.07, 6.45) is 0.867. The summed E-state index contributed by atoms with van der Waals surface area (Å²) >= 11 is 0. The molecule has 1 aliphatic heterocycles. The molecule has 2 aromatic rings. The third-order valence-electron chi connectivity index (χ3n) is 5.37. The van der Waals surface area contributed by atoms with E-state index in [1.54, 1.807) is 11.8 Å². The Labute approximate surface area is 190 Å². The maximum Gasteiger partial charge on any atom is 0.242 e. The molecule has 0 bridgehead atoms. The summed E-state index contributed by atoms with van der Waals surface area (Å²) in [7, 11) is 0. The monoisotopic (exact) mass is 438 g/mol. The van der Waals surface area contributed by atoms with Gasteiger partial charge in [0.05, 0.1) is 0 Å². The molecule has 0 fully saturated rings. The van der Waals surface area contributed by atoms with Crippen molar-refractivity contribution >= 4 is 11.8 Å². The van der Waals surface area contributed by atoms with Crippen LogP contribution < -0.4 is 14.8 Å². The van der Waals surface area contributed by atoms with Crippen LogP contribution in [-0.2, 0) is 22.6 Å². The van der Waals surface area contributed by atoms with Gasteiger partial charge in [0.1, 0.15) is 19.3 Å². The minimum absolute atomic E-state index is 0.0583. The van der Waals surface area contributed by atoms with Crippen molar-refractivity contribution < 1.29 is 19.1 Å². The Morgan fingerprint density at radius 1 is 1.00 bits per heavy atom. The number of hydrogen-bond donors (Lipinski definition) is 1. The van der Waals surface area contributed by atoms with Gasteiger partial charge in [0.25, 0.3) is 0 Å². The molecule has 2 aromatic carbocycles. The molecule has 0 saturated heterocycles. The maximum absolute atomic E-state index is 13.3.